The van der Waals surface area contributed by atoms with Crippen molar-refractivity contribution in [2.75, 3.05) is 13.2 Å². The molecular formula is C16H18ClNO2S. The highest BCUT2D eigenvalue weighted by molar-refractivity contribution is 7.21. The zero-order chi connectivity index (χ0) is 15.0. The summed E-state index contributed by atoms with van der Waals surface area (Å²) in [7, 11) is 0. The van der Waals surface area contributed by atoms with Crippen LogP contribution in [0.4, 0.5) is 0 Å². The van der Waals surface area contributed by atoms with Gasteiger partial charge in [-0.2, -0.15) is 0 Å². The number of fused-ring (bicyclic) bond motifs is 1. The van der Waals surface area contributed by atoms with Crippen LogP contribution in [-0.2, 0) is 0 Å². The normalized spacial score (nSPS) is 16.7. The van der Waals surface area contributed by atoms with E-state index in [4.69, 9.17) is 11.6 Å². The zero-order valence-corrected chi connectivity index (χ0v) is 13.5. The Bertz CT molecular complexity index is 685. The van der Waals surface area contributed by atoms with Gasteiger partial charge in [-0.25, -0.2) is 0 Å². The summed E-state index contributed by atoms with van der Waals surface area (Å²) in [6, 6.07) is 6.00. The van der Waals surface area contributed by atoms with Crippen LogP contribution < -0.4 is 5.32 Å². The van der Waals surface area contributed by atoms with Crippen LogP contribution >= 0.6 is 22.9 Å². The molecule has 3 nitrogen and oxygen atoms in total. The number of halogens is 1. The highest BCUT2D eigenvalue weighted by atomic mass is 35.5. The van der Waals surface area contributed by atoms with Crippen LogP contribution in [0, 0.1) is 12.3 Å². The van der Waals surface area contributed by atoms with Crippen molar-refractivity contribution in [3.63, 3.8) is 0 Å². The van der Waals surface area contributed by atoms with Crippen LogP contribution in [0.3, 0.4) is 0 Å². The number of aliphatic hydroxyl groups excluding tert-OH is 1. The van der Waals surface area contributed by atoms with Gasteiger partial charge in [0, 0.05) is 22.0 Å². The second kappa shape index (κ2) is 5.59. The number of amides is 1. The van der Waals surface area contributed by atoms with Crippen LogP contribution in [0.1, 0.15) is 34.5 Å². The average molecular weight is 324 g/mol. The molecule has 0 unspecified atom stereocenters. The van der Waals surface area contributed by atoms with Gasteiger partial charge in [0.15, 0.2) is 0 Å². The molecule has 0 atom stereocenters. The number of hydrogen-bond donors (Lipinski definition) is 2. The van der Waals surface area contributed by atoms with Crippen molar-refractivity contribution < 1.29 is 9.90 Å². The number of nitrogens with one attached hydrogen (secondary N) is 1. The van der Waals surface area contributed by atoms with Gasteiger partial charge < -0.3 is 10.4 Å². The Morgan fingerprint density at radius 2 is 2.24 bits per heavy atom. The molecule has 1 heterocycles. The highest BCUT2D eigenvalue weighted by Gasteiger charge is 2.36. The van der Waals surface area contributed by atoms with E-state index in [1.807, 2.05) is 25.1 Å². The Hall–Kier alpha value is -1.10. The molecular weight excluding hydrogens is 306 g/mol. The van der Waals surface area contributed by atoms with Crippen LogP contribution in [0.25, 0.3) is 10.1 Å². The van der Waals surface area contributed by atoms with Gasteiger partial charge in [-0.05, 0) is 31.4 Å². The van der Waals surface area contributed by atoms with E-state index in [1.54, 1.807) is 0 Å². The number of rotatable bonds is 4. The maximum Gasteiger partial charge on any atom is 0.262 e. The molecule has 0 spiro atoms. The second-order valence-corrected chi connectivity index (χ2v) is 7.37. The van der Waals surface area contributed by atoms with E-state index in [-0.39, 0.29) is 17.9 Å². The smallest absolute Gasteiger partial charge is 0.262 e. The number of thiophene rings is 1. The largest absolute Gasteiger partial charge is 0.396 e. The molecule has 0 radical (unpaired) electrons. The molecule has 0 bridgehead atoms. The lowest BCUT2D eigenvalue weighted by Crippen LogP contribution is -2.44. The first-order valence-corrected chi connectivity index (χ1v) is 8.32. The maximum absolute atomic E-state index is 12.4. The van der Waals surface area contributed by atoms with E-state index in [0.717, 1.165) is 34.9 Å². The van der Waals surface area contributed by atoms with E-state index < -0.39 is 0 Å². The Balaban J connectivity index is 1.80. The molecule has 2 aromatic rings. The highest BCUT2D eigenvalue weighted by Crippen LogP contribution is 2.40. The minimum atomic E-state index is -0.140. The molecule has 0 aliphatic heterocycles. The van der Waals surface area contributed by atoms with Crippen molar-refractivity contribution in [1.29, 1.82) is 0 Å². The summed E-state index contributed by atoms with van der Waals surface area (Å²) in [6.07, 6.45) is 3.07. The average Bonchev–Trinajstić information content (AvgIpc) is 2.74. The molecule has 5 heteroatoms. The van der Waals surface area contributed by atoms with Crippen molar-refractivity contribution in [2.24, 2.45) is 5.41 Å². The molecule has 1 aliphatic carbocycles. The Morgan fingerprint density at radius 1 is 1.48 bits per heavy atom. The Morgan fingerprint density at radius 3 is 2.86 bits per heavy atom. The molecule has 2 N–H and O–H groups in total. The molecule has 1 amide bonds. The van der Waals surface area contributed by atoms with Crippen LogP contribution in [0.5, 0.6) is 0 Å². The van der Waals surface area contributed by atoms with Gasteiger partial charge in [0.2, 0.25) is 0 Å². The lowest BCUT2D eigenvalue weighted by molar-refractivity contribution is 0.0430. The summed E-state index contributed by atoms with van der Waals surface area (Å²) in [5, 5.41) is 13.8. The number of aryl methyl sites for hydroxylation is 1. The van der Waals surface area contributed by atoms with Gasteiger partial charge in [-0.3, -0.25) is 4.79 Å². The van der Waals surface area contributed by atoms with Crippen molar-refractivity contribution >= 4 is 38.9 Å². The van der Waals surface area contributed by atoms with E-state index in [2.05, 4.69) is 5.32 Å². The third-order valence-electron chi connectivity index (χ3n) is 4.36. The summed E-state index contributed by atoms with van der Waals surface area (Å²) in [6.45, 7) is 2.67. The van der Waals surface area contributed by atoms with E-state index in [0.29, 0.717) is 16.4 Å². The molecule has 21 heavy (non-hydrogen) atoms. The van der Waals surface area contributed by atoms with Crippen molar-refractivity contribution in [2.45, 2.75) is 26.2 Å². The van der Waals surface area contributed by atoms with Crippen molar-refractivity contribution in [3.8, 4) is 0 Å². The minimum Gasteiger partial charge on any atom is -0.396 e. The third-order valence-corrected chi connectivity index (χ3v) is 6.02. The fourth-order valence-corrected chi connectivity index (χ4v) is 4.27. The zero-order valence-electron chi connectivity index (χ0n) is 11.9. The Labute approximate surface area is 132 Å². The minimum absolute atomic E-state index is 0.116. The summed E-state index contributed by atoms with van der Waals surface area (Å²) < 4.78 is 1.03. The van der Waals surface area contributed by atoms with Gasteiger partial charge in [0.1, 0.15) is 4.88 Å². The lowest BCUT2D eigenvalue weighted by atomic mass is 9.69. The number of hydrogen-bond acceptors (Lipinski definition) is 3. The molecule has 1 aliphatic rings. The molecule has 3 rings (SSSR count). The molecule has 1 fully saturated rings. The van der Waals surface area contributed by atoms with Crippen molar-refractivity contribution in [3.05, 3.63) is 33.7 Å². The number of aliphatic hydroxyl groups is 1. The first-order valence-electron chi connectivity index (χ1n) is 7.12. The van der Waals surface area contributed by atoms with Gasteiger partial charge in [-0.15, -0.1) is 11.3 Å². The third kappa shape index (κ3) is 2.68. The molecule has 112 valence electrons. The van der Waals surface area contributed by atoms with E-state index in [9.17, 15) is 9.90 Å². The number of benzene rings is 1. The standard InChI is InChI=1S/C16H18ClNO2S/c1-10-3-4-11-12(7-10)21-14(13(11)17)15(20)18-8-16(9-19)5-2-6-16/h3-4,7,19H,2,5-6,8-9H2,1H3,(H,18,20). The topological polar surface area (TPSA) is 49.3 Å². The van der Waals surface area contributed by atoms with Gasteiger partial charge in [-0.1, -0.05) is 30.2 Å². The van der Waals surface area contributed by atoms with Crippen LogP contribution in [0.15, 0.2) is 18.2 Å². The number of carbonyl (C=O) groups excluding carboxylic acids is 1. The fraction of sp³-hybridized carbons (Fsp3) is 0.438. The van der Waals surface area contributed by atoms with Gasteiger partial charge in [0.05, 0.1) is 11.6 Å². The van der Waals surface area contributed by atoms with Gasteiger partial charge >= 0.3 is 0 Å². The SMILES string of the molecule is Cc1ccc2c(Cl)c(C(=O)NCC3(CO)CCC3)sc2c1. The summed E-state index contributed by atoms with van der Waals surface area (Å²) in [5.41, 5.74) is 1.04. The summed E-state index contributed by atoms with van der Waals surface area (Å²) >= 11 is 7.76. The predicted octanol–water partition coefficient (Wildman–Crippen LogP) is 3.76. The first-order chi connectivity index (χ1) is 10.0. The monoisotopic (exact) mass is 323 g/mol. The summed E-state index contributed by atoms with van der Waals surface area (Å²) in [4.78, 5) is 12.9. The lowest BCUT2D eigenvalue weighted by Gasteiger charge is -2.40. The Kier molecular flexibility index (Phi) is 3.95. The predicted molar refractivity (Wildman–Crippen MR) is 87.3 cm³/mol. The molecule has 1 aromatic carbocycles. The van der Waals surface area contributed by atoms with E-state index in [1.165, 1.54) is 11.3 Å². The second-order valence-electron chi connectivity index (χ2n) is 5.94. The van der Waals surface area contributed by atoms with E-state index >= 15 is 0 Å². The first kappa shape index (κ1) is 14.8. The fourth-order valence-electron chi connectivity index (χ4n) is 2.73. The molecule has 0 saturated heterocycles. The van der Waals surface area contributed by atoms with Crippen LogP contribution in [0.2, 0.25) is 5.02 Å². The quantitative estimate of drug-likeness (QED) is 0.900. The number of carbonyl (C=O) groups is 1. The van der Waals surface area contributed by atoms with Crippen LogP contribution in [-0.4, -0.2) is 24.2 Å². The summed E-state index contributed by atoms with van der Waals surface area (Å²) in [5.74, 6) is -0.140. The van der Waals surface area contributed by atoms with Gasteiger partial charge in [0.25, 0.3) is 5.91 Å². The molecule has 1 saturated carbocycles. The maximum atomic E-state index is 12.4. The van der Waals surface area contributed by atoms with Crippen molar-refractivity contribution in [1.82, 2.24) is 5.32 Å². The molecule has 1 aromatic heterocycles.